The summed E-state index contributed by atoms with van der Waals surface area (Å²) in [5, 5.41) is 8.83. The Morgan fingerprint density at radius 1 is 1.53 bits per heavy atom. The van der Waals surface area contributed by atoms with E-state index in [4.69, 9.17) is 20.3 Å². The average Bonchev–Trinajstić information content (AvgIpc) is 2.59. The highest BCUT2D eigenvalue weighted by Crippen LogP contribution is 2.39. The van der Waals surface area contributed by atoms with Crippen LogP contribution < -0.4 is 15.2 Å². The van der Waals surface area contributed by atoms with Gasteiger partial charge in [-0.25, -0.2) is 4.39 Å². The van der Waals surface area contributed by atoms with Gasteiger partial charge in [-0.1, -0.05) is 0 Å². The van der Waals surface area contributed by atoms with Crippen LogP contribution in [-0.2, 0) is 11.2 Å². The van der Waals surface area contributed by atoms with Crippen LogP contribution in [-0.4, -0.2) is 30.3 Å². The van der Waals surface area contributed by atoms with Crippen LogP contribution in [0.4, 0.5) is 4.39 Å². The number of rotatable bonds is 3. The highest BCUT2D eigenvalue weighted by atomic mass is 79.9. The Bertz CT molecular complexity index is 509. The van der Waals surface area contributed by atoms with Crippen molar-refractivity contribution in [2.24, 2.45) is 5.73 Å². The highest BCUT2D eigenvalue weighted by molar-refractivity contribution is 9.10. The number of carbonyl (C=O) groups is 1. The number of carboxylic acid groups (broad SMARTS) is 1. The van der Waals surface area contributed by atoms with Crippen LogP contribution in [0.3, 0.4) is 0 Å². The Balaban J connectivity index is 2.45. The zero-order valence-corrected chi connectivity index (χ0v) is 11.6. The van der Waals surface area contributed by atoms with E-state index < -0.39 is 17.8 Å². The lowest BCUT2D eigenvalue weighted by molar-refractivity contribution is -0.138. The number of carboxylic acids is 1. The molecular weight excluding hydrogens is 321 g/mol. The number of hydrogen-bond acceptors (Lipinski definition) is 4. The molecule has 1 aliphatic heterocycles. The van der Waals surface area contributed by atoms with Crippen LogP contribution in [0.5, 0.6) is 11.5 Å². The lowest BCUT2D eigenvalue weighted by atomic mass is 10.0. The van der Waals surface area contributed by atoms with Gasteiger partial charge >= 0.3 is 5.97 Å². The molecule has 1 unspecified atom stereocenters. The molecule has 5 nitrogen and oxygen atoms in total. The molecule has 2 rings (SSSR count). The van der Waals surface area contributed by atoms with Crippen molar-refractivity contribution < 1.29 is 23.8 Å². The molecule has 1 heterocycles. The third kappa shape index (κ3) is 2.98. The van der Waals surface area contributed by atoms with Crippen molar-refractivity contribution in [1.29, 1.82) is 0 Å². The molecule has 0 aliphatic carbocycles. The van der Waals surface area contributed by atoms with E-state index in [2.05, 4.69) is 15.9 Å². The number of nitrogens with two attached hydrogens (primary N) is 1. The third-order valence-electron chi connectivity index (χ3n) is 2.76. The fourth-order valence-electron chi connectivity index (χ4n) is 1.81. The fraction of sp³-hybridized carbons (Fsp3) is 0.417. The summed E-state index contributed by atoms with van der Waals surface area (Å²) in [7, 11) is 0. The molecule has 0 saturated heterocycles. The van der Waals surface area contributed by atoms with E-state index in [0.29, 0.717) is 25.4 Å². The van der Waals surface area contributed by atoms with Gasteiger partial charge in [0.2, 0.25) is 0 Å². The Morgan fingerprint density at radius 2 is 2.21 bits per heavy atom. The molecule has 0 amide bonds. The van der Waals surface area contributed by atoms with E-state index in [1.807, 2.05) is 0 Å². The van der Waals surface area contributed by atoms with Gasteiger partial charge in [0.05, 0.1) is 17.7 Å². The van der Waals surface area contributed by atoms with Crippen LogP contribution in [0, 0.1) is 5.82 Å². The van der Waals surface area contributed by atoms with Crippen molar-refractivity contribution in [3.8, 4) is 11.5 Å². The van der Waals surface area contributed by atoms with E-state index >= 15 is 0 Å². The second kappa shape index (κ2) is 5.75. The first kappa shape index (κ1) is 14.1. The molecule has 0 fully saturated rings. The Labute approximate surface area is 117 Å². The van der Waals surface area contributed by atoms with Gasteiger partial charge in [0.15, 0.2) is 11.5 Å². The molecule has 1 aliphatic rings. The predicted octanol–water partition coefficient (Wildman–Crippen LogP) is 1.70. The molecule has 3 N–H and O–H groups in total. The van der Waals surface area contributed by atoms with Gasteiger partial charge in [-0.05, 0) is 15.9 Å². The maximum atomic E-state index is 14.1. The summed E-state index contributed by atoms with van der Waals surface area (Å²) in [6, 6.07) is 0.283. The quantitative estimate of drug-likeness (QED) is 0.879. The number of fused-ring (bicyclic) bond motifs is 1. The second-order valence-corrected chi connectivity index (χ2v) is 5.03. The molecule has 0 radical (unpaired) electrons. The summed E-state index contributed by atoms with van der Waals surface area (Å²) in [6.07, 6.45) is 0.518. The van der Waals surface area contributed by atoms with Crippen LogP contribution in [0.1, 0.15) is 12.0 Å². The molecule has 0 spiro atoms. The fourth-order valence-corrected chi connectivity index (χ4v) is 2.25. The van der Waals surface area contributed by atoms with Crippen molar-refractivity contribution in [3.63, 3.8) is 0 Å². The zero-order chi connectivity index (χ0) is 14.0. The molecule has 0 aromatic heterocycles. The van der Waals surface area contributed by atoms with E-state index in [9.17, 15) is 9.18 Å². The number of hydrogen-bond donors (Lipinski definition) is 2. The first-order valence-electron chi connectivity index (χ1n) is 5.75. The number of halogens is 2. The van der Waals surface area contributed by atoms with Crippen molar-refractivity contribution in [3.05, 3.63) is 21.9 Å². The van der Waals surface area contributed by atoms with E-state index in [0.717, 1.165) is 0 Å². The molecule has 19 heavy (non-hydrogen) atoms. The molecule has 0 saturated carbocycles. The summed E-state index contributed by atoms with van der Waals surface area (Å²) < 4.78 is 25.2. The lowest BCUT2D eigenvalue weighted by Gasteiger charge is -2.16. The van der Waals surface area contributed by atoms with Gasteiger partial charge in [-0.3, -0.25) is 4.79 Å². The molecule has 0 bridgehead atoms. The summed E-state index contributed by atoms with van der Waals surface area (Å²) >= 11 is 3.08. The van der Waals surface area contributed by atoms with Crippen LogP contribution in [0.2, 0.25) is 0 Å². The first-order chi connectivity index (χ1) is 9.00. The van der Waals surface area contributed by atoms with Crippen molar-refractivity contribution in [1.82, 2.24) is 0 Å². The highest BCUT2D eigenvalue weighted by Gasteiger charge is 2.25. The Morgan fingerprint density at radius 3 is 2.89 bits per heavy atom. The minimum absolute atomic E-state index is 0.126. The van der Waals surface area contributed by atoms with Gasteiger partial charge in [0, 0.05) is 24.5 Å². The smallest absolute Gasteiger partial charge is 0.320 e. The molecule has 1 atom stereocenters. The van der Waals surface area contributed by atoms with Crippen molar-refractivity contribution >= 4 is 21.9 Å². The largest absolute Gasteiger partial charge is 0.490 e. The maximum absolute atomic E-state index is 14.1. The predicted molar refractivity (Wildman–Crippen MR) is 69.0 cm³/mol. The van der Waals surface area contributed by atoms with Gasteiger partial charge in [0.25, 0.3) is 0 Å². The SMILES string of the molecule is NC(Cc1c(F)c(Br)cc2c1OCCCO2)C(=O)O. The maximum Gasteiger partial charge on any atom is 0.320 e. The normalized spacial score (nSPS) is 15.7. The number of benzene rings is 1. The summed E-state index contributed by atoms with van der Waals surface area (Å²) in [4.78, 5) is 10.8. The molecule has 1 aromatic rings. The van der Waals surface area contributed by atoms with E-state index in [1.54, 1.807) is 0 Å². The molecule has 1 aromatic carbocycles. The number of aliphatic carboxylic acids is 1. The number of ether oxygens (including phenoxy) is 2. The van der Waals surface area contributed by atoms with E-state index in [-0.39, 0.29) is 22.2 Å². The standard InChI is InChI=1S/C12H13BrFNO4/c13-7-5-9-11(19-3-1-2-18-9)6(10(7)14)4-8(15)12(16)17/h5,8H,1-4,15H2,(H,16,17). The molecule has 7 heteroatoms. The Kier molecular flexibility index (Phi) is 4.26. The van der Waals surface area contributed by atoms with Gasteiger partial charge in [-0.15, -0.1) is 0 Å². The first-order valence-corrected chi connectivity index (χ1v) is 6.55. The Hall–Kier alpha value is -1.34. The monoisotopic (exact) mass is 333 g/mol. The molecular formula is C12H13BrFNO4. The minimum atomic E-state index is -1.19. The van der Waals surface area contributed by atoms with Crippen LogP contribution in [0.15, 0.2) is 10.5 Å². The van der Waals surface area contributed by atoms with Crippen molar-refractivity contribution in [2.45, 2.75) is 18.9 Å². The average molecular weight is 334 g/mol. The zero-order valence-electron chi connectivity index (χ0n) is 9.99. The van der Waals surface area contributed by atoms with Crippen LogP contribution >= 0.6 is 15.9 Å². The third-order valence-corrected chi connectivity index (χ3v) is 3.34. The summed E-state index contributed by atoms with van der Waals surface area (Å²) in [5.41, 5.74) is 5.59. The summed E-state index contributed by atoms with van der Waals surface area (Å²) in [6.45, 7) is 0.860. The van der Waals surface area contributed by atoms with Gasteiger partial charge < -0.3 is 20.3 Å². The lowest BCUT2D eigenvalue weighted by Crippen LogP contribution is -2.32. The topological polar surface area (TPSA) is 81.8 Å². The van der Waals surface area contributed by atoms with Crippen molar-refractivity contribution in [2.75, 3.05) is 13.2 Å². The van der Waals surface area contributed by atoms with Gasteiger partial charge in [0.1, 0.15) is 11.9 Å². The van der Waals surface area contributed by atoms with Crippen LogP contribution in [0.25, 0.3) is 0 Å². The van der Waals surface area contributed by atoms with Gasteiger partial charge in [-0.2, -0.15) is 0 Å². The second-order valence-electron chi connectivity index (χ2n) is 4.18. The molecule has 104 valence electrons. The minimum Gasteiger partial charge on any atom is -0.490 e. The van der Waals surface area contributed by atoms with E-state index in [1.165, 1.54) is 6.07 Å². The summed E-state index contributed by atoms with van der Waals surface area (Å²) in [5.74, 6) is -1.11.